The van der Waals surface area contributed by atoms with Gasteiger partial charge in [-0.15, -0.1) is 0 Å². The highest BCUT2D eigenvalue weighted by atomic mass is 16.5. The summed E-state index contributed by atoms with van der Waals surface area (Å²) in [6, 6.07) is 9.91. The van der Waals surface area contributed by atoms with Gasteiger partial charge in [0.25, 0.3) is 0 Å². The van der Waals surface area contributed by atoms with E-state index in [1.54, 1.807) is 20.4 Å². The lowest BCUT2D eigenvalue weighted by molar-refractivity contribution is -0.131. The summed E-state index contributed by atoms with van der Waals surface area (Å²) in [5.74, 6) is 1.83. The number of carbonyl (C=O) groups excluding carboxylic acids is 1. The molecule has 1 fully saturated rings. The Balaban J connectivity index is 1.52. The van der Waals surface area contributed by atoms with E-state index < -0.39 is 0 Å². The smallest absolute Gasteiger partial charge is 0.222 e. The first-order chi connectivity index (χ1) is 13.7. The SMILES string of the molecule is COc1cc(CN2CCCN(C(=O)CCc3cccnc3)CC2)cc(OC)c1. The first-order valence-electron chi connectivity index (χ1n) is 9.79. The molecule has 0 spiro atoms. The molecule has 0 saturated carbocycles. The Kier molecular flexibility index (Phi) is 7.25. The van der Waals surface area contributed by atoms with Crippen LogP contribution in [0.5, 0.6) is 11.5 Å². The van der Waals surface area contributed by atoms with Gasteiger partial charge in [-0.05, 0) is 42.2 Å². The van der Waals surface area contributed by atoms with E-state index in [2.05, 4.69) is 9.88 Å². The lowest BCUT2D eigenvalue weighted by atomic mass is 10.1. The van der Waals surface area contributed by atoms with E-state index in [1.807, 2.05) is 41.4 Å². The summed E-state index contributed by atoms with van der Waals surface area (Å²) < 4.78 is 10.7. The fourth-order valence-corrected chi connectivity index (χ4v) is 3.55. The molecular formula is C22H29N3O3. The number of amides is 1. The number of methoxy groups -OCH3 is 2. The maximum Gasteiger partial charge on any atom is 0.222 e. The Bertz CT molecular complexity index is 745. The Hall–Kier alpha value is -2.60. The van der Waals surface area contributed by atoms with Crippen LogP contribution in [0.2, 0.25) is 0 Å². The van der Waals surface area contributed by atoms with Crippen LogP contribution in [0.25, 0.3) is 0 Å². The number of benzene rings is 1. The number of rotatable bonds is 7. The molecule has 28 heavy (non-hydrogen) atoms. The topological polar surface area (TPSA) is 54.9 Å². The van der Waals surface area contributed by atoms with Gasteiger partial charge in [-0.1, -0.05) is 6.07 Å². The van der Waals surface area contributed by atoms with Crippen LogP contribution >= 0.6 is 0 Å². The Morgan fingerprint density at radius 3 is 2.50 bits per heavy atom. The van der Waals surface area contributed by atoms with Crippen molar-refractivity contribution in [2.75, 3.05) is 40.4 Å². The lowest BCUT2D eigenvalue weighted by Gasteiger charge is -2.22. The van der Waals surface area contributed by atoms with Gasteiger partial charge in [0, 0.05) is 57.6 Å². The molecule has 1 saturated heterocycles. The molecule has 1 amide bonds. The normalized spacial score (nSPS) is 15.1. The third-order valence-corrected chi connectivity index (χ3v) is 5.11. The first kappa shape index (κ1) is 20.1. The molecule has 0 bridgehead atoms. The van der Waals surface area contributed by atoms with E-state index in [4.69, 9.17) is 9.47 Å². The van der Waals surface area contributed by atoms with Crippen LogP contribution in [0.4, 0.5) is 0 Å². The van der Waals surface area contributed by atoms with Crippen LogP contribution in [0.15, 0.2) is 42.7 Å². The van der Waals surface area contributed by atoms with Gasteiger partial charge in [0.2, 0.25) is 5.91 Å². The van der Waals surface area contributed by atoms with Crippen molar-refractivity contribution in [3.63, 3.8) is 0 Å². The number of ether oxygens (including phenoxy) is 2. The maximum atomic E-state index is 12.6. The second-order valence-corrected chi connectivity index (χ2v) is 7.09. The fraction of sp³-hybridized carbons (Fsp3) is 0.455. The minimum atomic E-state index is 0.230. The maximum absolute atomic E-state index is 12.6. The minimum absolute atomic E-state index is 0.230. The zero-order valence-corrected chi connectivity index (χ0v) is 16.8. The number of pyridine rings is 1. The average Bonchev–Trinajstić information content (AvgIpc) is 2.98. The molecule has 6 nitrogen and oxygen atoms in total. The number of hydrogen-bond acceptors (Lipinski definition) is 5. The van der Waals surface area contributed by atoms with Crippen molar-refractivity contribution < 1.29 is 14.3 Å². The van der Waals surface area contributed by atoms with Gasteiger partial charge in [-0.2, -0.15) is 0 Å². The molecule has 2 aromatic rings. The Morgan fingerprint density at radius 1 is 1.04 bits per heavy atom. The van der Waals surface area contributed by atoms with Gasteiger partial charge < -0.3 is 14.4 Å². The number of hydrogen-bond donors (Lipinski definition) is 0. The third-order valence-electron chi connectivity index (χ3n) is 5.11. The predicted octanol–water partition coefficient (Wildman–Crippen LogP) is 2.77. The quantitative estimate of drug-likeness (QED) is 0.736. The fourth-order valence-electron chi connectivity index (χ4n) is 3.55. The average molecular weight is 383 g/mol. The molecule has 1 aliphatic heterocycles. The van der Waals surface area contributed by atoms with Gasteiger partial charge in [0.1, 0.15) is 11.5 Å². The summed E-state index contributed by atoms with van der Waals surface area (Å²) in [6.45, 7) is 4.27. The molecule has 0 unspecified atom stereocenters. The van der Waals surface area contributed by atoms with E-state index in [0.29, 0.717) is 6.42 Å². The van der Waals surface area contributed by atoms with E-state index >= 15 is 0 Å². The molecule has 0 atom stereocenters. The predicted molar refractivity (Wildman–Crippen MR) is 109 cm³/mol. The summed E-state index contributed by atoms with van der Waals surface area (Å²) in [4.78, 5) is 21.1. The van der Waals surface area contributed by atoms with Crippen molar-refractivity contribution >= 4 is 5.91 Å². The highest BCUT2D eigenvalue weighted by molar-refractivity contribution is 5.76. The van der Waals surface area contributed by atoms with E-state index in [-0.39, 0.29) is 5.91 Å². The number of carbonyl (C=O) groups is 1. The van der Waals surface area contributed by atoms with Crippen molar-refractivity contribution in [2.45, 2.75) is 25.8 Å². The highest BCUT2D eigenvalue weighted by Gasteiger charge is 2.19. The second-order valence-electron chi connectivity index (χ2n) is 7.09. The standard InChI is InChI=1S/C22H29N3O3/c1-27-20-13-19(14-21(15-20)28-2)17-24-9-4-10-25(12-11-24)22(26)7-6-18-5-3-8-23-16-18/h3,5,8,13-16H,4,6-7,9-12,17H2,1-2H3. The van der Waals surface area contributed by atoms with Crippen LogP contribution in [0.1, 0.15) is 24.0 Å². The Morgan fingerprint density at radius 2 is 1.82 bits per heavy atom. The zero-order chi connectivity index (χ0) is 19.8. The Labute approximate surface area is 167 Å². The first-order valence-corrected chi connectivity index (χ1v) is 9.79. The third kappa shape index (κ3) is 5.70. The molecule has 0 aliphatic carbocycles. The molecule has 2 heterocycles. The van der Waals surface area contributed by atoms with Gasteiger partial charge in [-0.3, -0.25) is 14.7 Å². The highest BCUT2D eigenvalue weighted by Crippen LogP contribution is 2.23. The minimum Gasteiger partial charge on any atom is -0.497 e. The lowest BCUT2D eigenvalue weighted by Crippen LogP contribution is -2.35. The number of nitrogens with zero attached hydrogens (tertiary/aromatic N) is 3. The van der Waals surface area contributed by atoms with Crippen LogP contribution in [-0.2, 0) is 17.8 Å². The largest absolute Gasteiger partial charge is 0.497 e. The van der Waals surface area contributed by atoms with Crippen molar-refractivity contribution in [3.8, 4) is 11.5 Å². The van der Waals surface area contributed by atoms with Crippen molar-refractivity contribution in [1.29, 1.82) is 0 Å². The van der Waals surface area contributed by atoms with Gasteiger partial charge >= 0.3 is 0 Å². The molecular weight excluding hydrogens is 354 g/mol. The number of aryl methyl sites for hydroxylation is 1. The molecule has 0 radical (unpaired) electrons. The van der Waals surface area contributed by atoms with E-state index in [0.717, 1.165) is 68.2 Å². The van der Waals surface area contributed by atoms with E-state index in [1.165, 1.54) is 0 Å². The van der Waals surface area contributed by atoms with E-state index in [9.17, 15) is 4.79 Å². The molecule has 150 valence electrons. The summed E-state index contributed by atoms with van der Waals surface area (Å²) in [5, 5.41) is 0. The van der Waals surface area contributed by atoms with Crippen LogP contribution < -0.4 is 9.47 Å². The van der Waals surface area contributed by atoms with Crippen molar-refractivity contribution in [2.24, 2.45) is 0 Å². The van der Waals surface area contributed by atoms with Crippen LogP contribution in [0, 0.1) is 0 Å². The van der Waals surface area contributed by atoms with Crippen LogP contribution in [-0.4, -0.2) is 61.1 Å². The summed E-state index contributed by atoms with van der Waals surface area (Å²) in [5.41, 5.74) is 2.27. The van der Waals surface area contributed by atoms with Gasteiger partial charge in [-0.25, -0.2) is 0 Å². The van der Waals surface area contributed by atoms with Gasteiger partial charge in [0.15, 0.2) is 0 Å². The summed E-state index contributed by atoms with van der Waals surface area (Å²) in [7, 11) is 3.33. The molecule has 1 aromatic heterocycles. The molecule has 6 heteroatoms. The summed E-state index contributed by atoms with van der Waals surface area (Å²) in [6.07, 6.45) is 5.86. The molecule has 3 rings (SSSR count). The van der Waals surface area contributed by atoms with Crippen LogP contribution in [0.3, 0.4) is 0 Å². The van der Waals surface area contributed by atoms with Crippen molar-refractivity contribution in [1.82, 2.24) is 14.8 Å². The summed E-state index contributed by atoms with van der Waals surface area (Å²) >= 11 is 0. The monoisotopic (exact) mass is 383 g/mol. The van der Waals surface area contributed by atoms with Crippen molar-refractivity contribution in [3.05, 3.63) is 53.9 Å². The molecule has 1 aromatic carbocycles. The zero-order valence-electron chi connectivity index (χ0n) is 16.8. The molecule has 0 N–H and O–H groups in total. The number of aromatic nitrogens is 1. The second kappa shape index (κ2) is 10.1. The molecule has 1 aliphatic rings. The van der Waals surface area contributed by atoms with Gasteiger partial charge in [0.05, 0.1) is 14.2 Å².